The molecule has 2 rings (SSSR count). The molecule has 0 atom stereocenters. The van der Waals surface area contributed by atoms with Gasteiger partial charge in [-0.25, -0.2) is 4.79 Å². The summed E-state index contributed by atoms with van der Waals surface area (Å²) in [7, 11) is 1.64. The molecule has 4 heteroatoms. The molecule has 17 heavy (non-hydrogen) atoms. The van der Waals surface area contributed by atoms with E-state index >= 15 is 0 Å². The third-order valence-electron chi connectivity index (χ3n) is 2.77. The van der Waals surface area contributed by atoms with Crippen LogP contribution in [0.2, 0.25) is 0 Å². The largest absolute Gasteiger partial charge is 0.497 e. The highest BCUT2D eigenvalue weighted by Gasteiger charge is 2.02. The number of hydrogen-bond acceptors (Lipinski definition) is 2. The van der Waals surface area contributed by atoms with Gasteiger partial charge < -0.3 is 4.74 Å². The number of aryl methyl sites for hydroxylation is 1. The lowest BCUT2D eigenvalue weighted by Gasteiger charge is -2.04. The van der Waals surface area contributed by atoms with Gasteiger partial charge in [-0.3, -0.25) is 9.13 Å². The summed E-state index contributed by atoms with van der Waals surface area (Å²) in [6, 6.07) is 7.73. The second kappa shape index (κ2) is 4.91. The van der Waals surface area contributed by atoms with Crippen LogP contribution in [0.1, 0.15) is 12.5 Å². The summed E-state index contributed by atoms with van der Waals surface area (Å²) >= 11 is 0. The number of ether oxygens (including phenoxy) is 1. The van der Waals surface area contributed by atoms with Crippen molar-refractivity contribution in [1.82, 2.24) is 9.13 Å². The van der Waals surface area contributed by atoms with E-state index in [1.165, 1.54) is 0 Å². The molecule has 1 aromatic carbocycles. The summed E-state index contributed by atoms with van der Waals surface area (Å²) in [5.41, 5.74) is 1.12. The first-order valence-electron chi connectivity index (χ1n) is 5.63. The van der Waals surface area contributed by atoms with Gasteiger partial charge in [0.1, 0.15) is 5.75 Å². The molecule has 0 bridgehead atoms. The Hall–Kier alpha value is -1.97. The van der Waals surface area contributed by atoms with Crippen LogP contribution in [0.5, 0.6) is 5.75 Å². The number of imidazole rings is 1. The quantitative estimate of drug-likeness (QED) is 0.804. The van der Waals surface area contributed by atoms with E-state index < -0.39 is 0 Å². The predicted molar refractivity (Wildman–Crippen MR) is 66.5 cm³/mol. The minimum Gasteiger partial charge on any atom is -0.497 e. The van der Waals surface area contributed by atoms with Crippen molar-refractivity contribution >= 4 is 0 Å². The molecule has 0 saturated carbocycles. The van der Waals surface area contributed by atoms with Crippen molar-refractivity contribution in [2.24, 2.45) is 0 Å². The van der Waals surface area contributed by atoms with Gasteiger partial charge in [0.2, 0.25) is 0 Å². The van der Waals surface area contributed by atoms with Crippen LogP contribution in [0, 0.1) is 0 Å². The molecule has 1 heterocycles. The molecular formula is C13H16N2O2. The first-order valence-corrected chi connectivity index (χ1v) is 5.63. The summed E-state index contributed by atoms with van der Waals surface area (Å²) in [6.45, 7) is 3.25. The lowest BCUT2D eigenvalue weighted by molar-refractivity contribution is 0.414. The minimum atomic E-state index is 0.0309. The topological polar surface area (TPSA) is 36.2 Å². The summed E-state index contributed by atoms with van der Waals surface area (Å²) in [5.74, 6) is 0.826. The third-order valence-corrected chi connectivity index (χ3v) is 2.77. The molecule has 0 unspecified atom stereocenters. The number of nitrogens with zero attached hydrogens (tertiary/aromatic N) is 2. The van der Waals surface area contributed by atoms with Crippen LogP contribution >= 0.6 is 0 Å². The molecule has 0 N–H and O–H groups in total. The molecule has 90 valence electrons. The van der Waals surface area contributed by atoms with E-state index in [1.807, 2.05) is 43.6 Å². The van der Waals surface area contributed by atoms with E-state index in [0.717, 1.165) is 11.3 Å². The molecule has 4 nitrogen and oxygen atoms in total. The SMILES string of the molecule is CCn1ccn(Cc2ccc(OC)cc2)c1=O. The number of hydrogen-bond donors (Lipinski definition) is 0. The highest BCUT2D eigenvalue weighted by atomic mass is 16.5. The maximum Gasteiger partial charge on any atom is 0.328 e. The van der Waals surface area contributed by atoms with E-state index in [1.54, 1.807) is 16.2 Å². The van der Waals surface area contributed by atoms with Crippen LogP contribution in [-0.4, -0.2) is 16.2 Å². The number of rotatable bonds is 4. The number of benzene rings is 1. The van der Waals surface area contributed by atoms with Crippen molar-refractivity contribution in [3.8, 4) is 5.75 Å². The molecule has 0 spiro atoms. The van der Waals surface area contributed by atoms with E-state index in [2.05, 4.69) is 0 Å². The lowest BCUT2D eigenvalue weighted by atomic mass is 10.2. The Morgan fingerprint density at radius 1 is 1.12 bits per heavy atom. The van der Waals surface area contributed by atoms with Crippen molar-refractivity contribution in [2.45, 2.75) is 20.0 Å². The molecule has 0 aliphatic heterocycles. The van der Waals surface area contributed by atoms with Crippen LogP contribution in [0.3, 0.4) is 0 Å². The van der Waals surface area contributed by atoms with Gasteiger partial charge in [0.25, 0.3) is 0 Å². The fourth-order valence-electron chi connectivity index (χ4n) is 1.74. The van der Waals surface area contributed by atoms with Gasteiger partial charge in [-0.2, -0.15) is 0 Å². The van der Waals surface area contributed by atoms with Gasteiger partial charge in [0.15, 0.2) is 0 Å². The first kappa shape index (κ1) is 11.5. The Balaban J connectivity index is 2.19. The molecular weight excluding hydrogens is 216 g/mol. The van der Waals surface area contributed by atoms with Gasteiger partial charge in [-0.15, -0.1) is 0 Å². The van der Waals surface area contributed by atoms with Crippen LogP contribution < -0.4 is 10.4 Å². The molecule has 0 fully saturated rings. The van der Waals surface area contributed by atoms with Crippen LogP contribution in [0.4, 0.5) is 0 Å². The predicted octanol–water partition coefficient (Wildman–Crippen LogP) is 1.73. The Bertz CT molecular complexity index is 537. The van der Waals surface area contributed by atoms with Gasteiger partial charge in [-0.1, -0.05) is 12.1 Å². The third kappa shape index (κ3) is 2.41. The zero-order valence-electron chi connectivity index (χ0n) is 10.1. The van der Waals surface area contributed by atoms with Crippen LogP contribution in [0.25, 0.3) is 0 Å². The number of methoxy groups -OCH3 is 1. The summed E-state index contributed by atoms with van der Waals surface area (Å²) in [4.78, 5) is 11.8. The van der Waals surface area contributed by atoms with Crippen LogP contribution in [-0.2, 0) is 13.1 Å². The molecule has 2 aromatic rings. The fourth-order valence-corrected chi connectivity index (χ4v) is 1.74. The van der Waals surface area contributed by atoms with Gasteiger partial charge in [-0.05, 0) is 24.6 Å². The summed E-state index contributed by atoms with van der Waals surface area (Å²) in [5, 5.41) is 0. The molecule has 0 aliphatic rings. The highest BCUT2D eigenvalue weighted by molar-refractivity contribution is 5.27. The van der Waals surface area contributed by atoms with Crippen molar-refractivity contribution < 1.29 is 4.74 Å². The number of aromatic nitrogens is 2. The zero-order chi connectivity index (χ0) is 12.3. The van der Waals surface area contributed by atoms with Gasteiger partial charge >= 0.3 is 5.69 Å². The van der Waals surface area contributed by atoms with Crippen molar-refractivity contribution in [3.05, 3.63) is 52.7 Å². The maximum absolute atomic E-state index is 11.8. The minimum absolute atomic E-state index is 0.0309. The normalized spacial score (nSPS) is 10.5. The first-order chi connectivity index (χ1) is 8.24. The lowest BCUT2D eigenvalue weighted by Crippen LogP contribution is -2.23. The van der Waals surface area contributed by atoms with Crippen LogP contribution in [0.15, 0.2) is 41.5 Å². The van der Waals surface area contributed by atoms with E-state index in [4.69, 9.17) is 4.74 Å². The molecule has 0 saturated heterocycles. The average Bonchev–Trinajstić information content (AvgIpc) is 2.71. The van der Waals surface area contributed by atoms with Crippen molar-refractivity contribution in [3.63, 3.8) is 0 Å². The standard InChI is InChI=1S/C13H16N2O2/c1-3-14-8-9-15(13(14)16)10-11-4-6-12(17-2)7-5-11/h4-9H,3,10H2,1-2H3. The Kier molecular flexibility index (Phi) is 3.32. The Morgan fingerprint density at radius 2 is 1.76 bits per heavy atom. The summed E-state index contributed by atoms with van der Waals surface area (Å²) in [6.07, 6.45) is 3.63. The fraction of sp³-hybridized carbons (Fsp3) is 0.308. The smallest absolute Gasteiger partial charge is 0.328 e. The van der Waals surface area contributed by atoms with Crippen molar-refractivity contribution in [1.29, 1.82) is 0 Å². The maximum atomic E-state index is 11.8. The summed E-state index contributed by atoms with van der Waals surface area (Å²) < 4.78 is 8.48. The Labute approximate surface area is 100 Å². The second-order valence-corrected chi connectivity index (χ2v) is 3.84. The molecule has 1 aromatic heterocycles. The van der Waals surface area contributed by atoms with E-state index in [0.29, 0.717) is 13.1 Å². The van der Waals surface area contributed by atoms with E-state index in [9.17, 15) is 4.79 Å². The van der Waals surface area contributed by atoms with E-state index in [-0.39, 0.29) is 5.69 Å². The average molecular weight is 232 g/mol. The van der Waals surface area contributed by atoms with Crippen molar-refractivity contribution in [2.75, 3.05) is 7.11 Å². The monoisotopic (exact) mass is 232 g/mol. The zero-order valence-corrected chi connectivity index (χ0v) is 10.1. The van der Waals surface area contributed by atoms with Gasteiger partial charge in [0, 0.05) is 18.9 Å². The Morgan fingerprint density at radius 3 is 2.29 bits per heavy atom. The van der Waals surface area contributed by atoms with Gasteiger partial charge in [0.05, 0.1) is 13.7 Å². The molecule has 0 amide bonds. The molecule has 0 aliphatic carbocycles. The molecule has 0 radical (unpaired) electrons. The highest BCUT2D eigenvalue weighted by Crippen LogP contribution is 2.11. The second-order valence-electron chi connectivity index (χ2n) is 3.84.